The highest BCUT2D eigenvalue weighted by Gasteiger charge is 2.29. The molecule has 1 aliphatic heterocycles. The maximum Gasteiger partial charge on any atom is 0.407 e. The fraction of sp³-hybridized carbons (Fsp3) is 0.320. The van der Waals surface area contributed by atoms with E-state index in [1.165, 1.54) is 0 Å². The first-order valence-corrected chi connectivity index (χ1v) is 12.0. The molecule has 35 heavy (non-hydrogen) atoms. The topological polar surface area (TPSA) is 102 Å². The van der Waals surface area contributed by atoms with Gasteiger partial charge in [0.15, 0.2) is 0 Å². The molecule has 2 heterocycles. The van der Waals surface area contributed by atoms with Crippen LogP contribution in [-0.4, -0.2) is 51.4 Å². The van der Waals surface area contributed by atoms with E-state index in [1.807, 2.05) is 26.8 Å². The monoisotopic (exact) mass is 515 g/mol. The van der Waals surface area contributed by atoms with Crippen LogP contribution < -0.4 is 11.1 Å². The average molecular weight is 516 g/mol. The minimum absolute atomic E-state index is 0.102. The van der Waals surface area contributed by atoms with Gasteiger partial charge in [0, 0.05) is 30.3 Å². The smallest absolute Gasteiger partial charge is 0.407 e. The van der Waals surface area contributed by atoms with Crippen LogP contribution in [0.3, 0.4) is 0 Å². The number of rotatable bonds is 4. The van der Waals surface area contributed by atoms with Crippen molar-refractivity contribution in [2.24, 2.45) is 0 Å². The highest BCUT2D eigenvalue weighted by Crippen LogP contribution is 2.29. The molecule has 8 nitrogen and oxygen atoms in total. The molecule has 1 aliphatic rings. The maximum atomic E-state index is 13.0. The molecule has 3 aromatic rings. The van der Waals surface area contributed by atoms with Crippen molar-refractivity contribution in [2.45, 2.75) is 38.8 Å². The van der Waals surface area contributed by atoms with Crippen LogP contribution in [0, 0.1) is 0 Å². The minimum Gasteiger partial charge on any atom is -0.444 e. The average Bonchev–Trinajstić information content (AvgIpc) is 3.40. The molecule has 0 aliphatic carbocycles. The number of hydrogen-bond donors (Lipinski definition) is 2. The number of nitrogens with one attached hydrogen (secondary N) is 1. The van der Waals surface area contributed by atoms with Gasteiger partial charge >= 0.3 is 6.09 Å². The van der Waals surface area contributed by atoms with Crippen molar-refractivity contribution in [3.8, 4) is 16.9 Å². The molecule has 4 rings (SSSR count). The van der Waals surface area contributed by atoms with Crippen LogP contribution in [0.1, 0.15) is 37.6 Å². The predicted octanol–water partition coefficient (Wildman–Crippen LogP) is 5.17. The summed E-state index contributed by atoms with van der Waals surface area (Å²) in [6.45, 7) is 6.42. The summed E-state index contributed by atoms with van der Waals surface area (Å²) in [6, 6.07) is 13.9. The normalized spacial score (nSPS) is 15.8. The summed E-state index contributed by atoms with van der Waals surface area (Å²) in [6.07, 6.45) is 0.197. The van der Waals surface area contributed by atoms with E-state index in [4.69, 9.17) is 33.7 Å². The first kappa shape index (κ1) is 24.9. The number of nitrogens with zero attached hydrogens (tertiary/aromatic N) is 3. The molecule has 2 aromatic carbocycles. The van der Waals surface area contributed by atoms with Crippen LogP contribution in [0.5, 0.6) is 0 Å². The fourth-order valence-electron chi connectivity index (χ4n) is 3.86. The van der Waals surface area contributed by atoms with Crippen LogP contribution in [0.4, 0.5) is 10.6 Å². The third kappa shape index (κ3) is 5.89. The highest BCUT2D eigenvalue weighted by molar-refractivity contribution is 6.42. The van der Waals surface area contributed by atoms with Crippen LogP contribution in [0.15, 0.2) is 48.5 Å². The molecule has 1 atom stereocenters. The lowest BCUT2D eigenvalue weighted by molar-refractivity contribution is 0.0502. The van der Waals surface area contributed by atoms with Crippen molar-refractivity contribution in [3.05, 3.63) is 64.1 Å². The number of alkyl carbamates (subject to hydrolysis) is 1. The summed E-state index contributed by atoms with van der Waals surface area (Å²) < 4.78 is 6.90. The Morgan fingerprint density at radius 3 is 2.46 bits per heavy atom. The summed E-state index contributed by atoms with van der Waals surface area (Å²) in [7, 11) is 0. The number of likely N-dealkylation sites (tertiary alicyclic amines) is 1. The van der Waals surface area contributed by atoms with Gasteiger partial charge in [-0.1, -0.05) is 29.3 Å². The number of hydrogen-bond acceptors (Lipinski definition) is 5. The van der Waals surface area contributed by atoms with Gasteiger partial charge in [-0.3, -0.25) is 4.79 Å². The summed E-state index contributed by atoms with van der Waals surface area (Å²) in [4.78, 5) is 26.7. The Hall–Kier alpha value is -3.23. The van der Waals surface area contributed by atoms with Gasteiger partial charge in [0.25, 0.3) is 5.91 Å². The first-order valence-electron chi connectivity index (χ1n) is 11.2. The Labute approximate surface area is 213 Å². The molecular weight excluding hydrogens is 489 g/mol. The van der Waals surface area contributed by atoms with Crippen molar-refractivity contribution in [1.29, 1.82) is 0 Å². The number of halogens is 2. The lowest BCUT2D eigenvalue weighted by Crippen LogP contribution is -2.41. The van der Waals surface area contributed by atoms with E-state index in [2.05, 4.69) is 10.4 Å². The quantitative estimate of drug-likeness (QED) is 0.498. The third-order valence-electron chi connectivity index (χ3n) is 5.51. The second-order valence-electron chi connectivity index (χ2n) is 9.43. The molecule has 184 valence electrons. The number of amides is 2. The molecule has 1 unspecified atom stereocenters. The lowest BCUT2D eigenvalue weighted by atomic mass is 10.1. The molecule has 10 heteroatoms. The van der Waals surface area contributed by atoms with E-state index < -0.39 is 11.7 Å². The van der Waals surface area contributed by atoms with Crippen LogP contribution in [0.2, 0.25) is 10.0 Å². The van der Waals surface area contributed by atoms with Crippen molar-refractivity contribution < 1.29 is 14.3 Å². The van der Waals surface area contributed by atoms with Gasteiger partial charge in [-0.05, 0) is 63.6 Å². The van der Waals surface area contributed by atoms with E-state index in [9.17, 15) is 9.59 Å². The van der Waals surface area contributed by atoms with Gasteiger partial charge in [-0.15, -0.1) is 0 Å². The third-order valence-corrected chi connectivity index (χ3v) is 6.25. The molecule has 1 aromatic heterocycles. The summed E-state index contributed by atoms with van der Waals surface area (Å²) in [5.41, 5.74) is 8.33. The van der Waals surface area contributed by atoms with Gasteiger partial charge in [0.1, 0.15) is 11.4 Å². The van der Waals surface area contributed by atoms with Gasteiger partial charge < -0.3 is 20.7 Å². The fourth-order valence-corrected chi connectivity index (χ4v) is 4.16. The number of carbonyl (C=O) groups is 2. The maximum absolute atomic E-state index is 13.0. The van der Waals surface area contributed by atoms with Gasteiger partial charge in [-0.25, -0.2) is 9.48 Å². The SMILES string of the molecule is CC(C)(C)OC(=O)NC1CCN(C(=O)c2ccc(-n3nc(-c4ccc(Cl)c(Cl)c4)cc3N)cc2)C1. The molecular formula is C25H27Cl2N5O3. The molecule has 0 bridgehead atoms. The zero-order chi connectivity index (χ0) is 25.3. The van der Waals surface area contributed by atoms with Gasteiger partial charge in [0.05, 0.1) is 27.5 Å². The number of carbonyl (C=O) groups excluding carboxylic acids is 2. The van der Waals surface area contributed by atoms with Crippen molar-refractivity contribution in [2.75, 3.05) is 18.8 Å². The van der Waals surface area contributed by atoms with Crippen LogP contribution in [0.25, 0.3) is 16.9 Å². The Kier molecular flexibility index (Phi) is 6.96. The second-order valence-corrected chi connectivity index (χ2v) is 10.2. The highest BCUT2D eigenvalue weighted by atomic mass is 35.5. The molecule has 1 fully saturated rings. The first-order chi connectivity index (χ1) is 16.5. The van der Waals surface area contributed by atoms with E-state index in [0.717, 1.165) is 11.3 Å². The Bertz CT molecular complexity index is 1250. The van der Waals surface area contributed by atoms with Gasteiger partial charge in [0.2, 0.25) is 0 Å². The lowest BCUT2D eigenvalue weighted by Gasteiger charge is -2.22. The number of nitrogen functional groups attached to an aromatic ring is 1. The Balaban J connectivity index is 1.42. The van der Waals surface area contributed by atoms with E-state index in [-0.39, 0.29) is 11.9 Å². The molecule has 0 radical (unpaired) electrons. The number of nitrogens with two attached hydrogens (primary N) is 1. The molecule has 3 N–H and O–H groups in total. The van der Waals surface area contributed by atoms with Crippen molar-refractivity contribution >= 4 is 41.0 Å². The largest absolute Gasteiger partial charge is 0.444 e. The predicted molar refractivity (Wildman–Crippen MR) is 137 cm³/mol. The standard InChI is InChI=1S/C25H27Cl2N5O3/c1-25(2,3)35-24(34)29-17-10-11-31(14-17)23(33)15-4-7-18(8-5-15)32-22(28)13-21(30-32)16-6-9-19(26)20(27)12-16/h4-9,12-13,17H,10-11,14,28H2,1-3H3,(H,29,34). The zero-order valence-corrected chi connectivity index (χ0v) is 21.2. The number of anilines is 1. The van der Waals surface area contributed by atoms with Crippen molar-refractivity contribution in [3.63, 3.8) is 0 Å². The van der Waals surface area contributed by atoms with E-state index in [0.29, 0.717) is 46.6 Å². The van der Waals surface area contributed by atoms with Crippen LogP contribution in [-0.2, 0) is 4.74 Å². The van der Waals surface area contributed by atoms with Crippen molar-refractivity contribution in [1.82, 2.24) is 20.0 Å². The molecule has 0 spiro atoms. The molecule has 1 saturated heterocycles. The number of benzene rings is 2. The summed E-state index contributed by atoms with van der Waals surface area (Å²) in [5, 5.41) is 8.31. The summed E-state index contributed by atoms with van der Waals surface area (Å²) >= 11 is 12.1. The van der Waals surface area contributed by atoms with Gasteiger partial charge in [-0.2, -0.15) is 5.10 Å². The molecule has 2 amide bonds. The minimum atomic E-state index is -0.569. The van der Waals surface area contributed by atoms with E-state index in [1.54, 1.807) is 52.0 Å². The van der Waals surface area contributed by atoms with E-state index >= 15 is 0 Å². The molecule has 0 saturated carbocycles. The summed E-state index contributed by atoms with van der Waals surface area (Å²) in [5.74, 6) is 0.343. The second kappa shape index (κ2) is 9.79. The Morgan fingerprint density at radius 2 is 1.80 bits per heavy atom. The van der Waals surface area contributed by atoms with Crippen LogP contribution >= 0.6 is 23.2 Å². The zero-order valence-electron chi connectivity index (χ0n) is 19.7. The Morgan fingerprint density at radius 1 is 1.09 bits per heavy atom. The number of aromatic nitrogens is 2. The number of ether oxygens (including phenoxy) is 1.